The van der Waals surface area contributed by atoms with Crippen molar-refractivity contribution in [3.05, 3.63) is 10.7 Å². The van der Waals surface area contributed by atoms with Crippen LogP contribution < -0.4 is 9.33 Å². The number of hydrogen-bond donors (Lipinski definition) is 0. The molecule has 1 saturated heterocycles. The quantitative estimate of drug-likeness (QED) is 0.392. The molecule has 0 radical (unpaired) electrons. The Labute approximate surface area is 175 Å². The molecule has 4 nitrogen and oxygen atoms in total. The van der Waals surface area contributed by atoms with E-state index in [1.165, 1.54) is 0 Å². The van der Waals surface area contributed by atoms with Gasteiger partial charge < -0.3 is 18.5 Å². The smallest absolute Gasteiger partial charge is 0.287 e. The zero-order chi connectivity index (χ0) is 20.6. The first-order chi connectivity index (χ1) is 12.5. The maximum absolute atomic E-state index is 6.77. The van der Waals surface area contributed by atoms with Gasteiger partial charge in [0.15, 0.2) is 0 Å². The van der Waals surface area contributed by atoms with Gasteiger partial charge in [-0.15, -0.1) is 0 Å². The van der Waals surface area contributed by atoms with Crippen molar-refractivity contribution in [3.8, 4) is 5.95 Å². The van der Waals surface area contributed by atoms with E-state index in [0.717, 1.165) is 29.5 Å². The second kappa shape index (κ2) is 8.50. The second-order valence-corrected chi connectivity index (χ2v) is 15.5. The van der Waals surface area contributed by atoms with E-state index in [4.69, 9.17) is 13.6 Å². The lowest BCUT2D eigenvalue weighted by Crippen LogP contribution is -2.50. The van der Waals surface area contributed by atoms with E-state index in [1.54, 1.807) is 7.11 Å². The van der Waals surface area contributed by atoms with Crippen LogP contribution in [0.15, 0.2) is 15.2 Å². The van der Waals surface area contributed by atoms with Crippen molar-refractivity contribution in [2.75, 3.05) is 18.6 Å². The summed E-state index contributed by atoms with van der Waals surface area (Å²) in [5.41, 5.74) is 2.39. The SMILES string of the molecule is COC(C)(C)[C@@H]1CCCN1c1coc(O[Si](C(C)C)(C(C)C)C(C)C)c1Br. The number of methoxy groups -OCH3 is 1. The van der Waals surface area contributed by atoms with Crippen LogP contribution in [0.4, 0.5) is 5.69 Å². The van der Waals surface area contributed by atoms with E-state index in [9.17, 15) is 0 Å². The summed E-state index contributed by atoms with van der Waals surface area (Å²) in [6, 6.07) is 0.326. The highest BCUT2D eigenvalue weighted by molar-refractivity contribution is 9.10. The Morgan fingerprint density at radius 1 is 1.15 bits per heavy atom. The molecular weight excluding hydrogens is 422 g/mol. The third-order valence-electron chi connectivity index (χ3n) is 6.55. The lowest BCUT2D eigenvalue weighted by Gasteiger charge is -2.41. The molecule has 1 aromatic heterocycles. The topological polar surface area (TPSA) is 34.8 Å². The Bertz CT molecular complexity index is 605. The normalized spacial score (nSPS) is 19.0. The van der Waals surface area contributed by atoms with Crippen LogP contribution in [0.5, 0.6) is 5.95 Å². The molecule has 1 fully saturated rings. The summed E-state index contributed by atoms with van der Waals surface area (Å²) in [6.45, 7) is 19.1. The first-order valence-electron chi connectivity index (χ1n) is 10.3. The lowest BCUT2D eigenvalue weighted by atomic mass is 9.96. The molecule has 6 heteroatoms. The number of anilines is 1. The van der Waals surface area contributed by atoms with Gasteiger partial charge in [-0.2, -0.15) is 0 Å². The van der Waals surface area contributed by atoms with Crippen LogP contribution in [0.2, 0.25) is 16.6 Å². The number of hydrogen-bond acceptors (Lipinski definition) is 4. The molecule has 0 aliphatic carbocycles. The zero-order valence-corrected chi connectivity index (χ0v) is 21.1. The fourth-order valence-electron chi connectivity index (χ4n) is 5.01. The van der Waals surface area contributed by atoms with Crippen molar-refractivity contribution in [1.82, 2.24) is 0 Å². The van der Waals surface area contributed by atoms with Crippen molar-refractivity contribution >= 4 is 29.9 Å². The molecular formula is C21H38BrNO3Si. The van der Waals surface area contributed by atoms with Crippen LogP contribution in [-0.4, -0.2) is 33.6 Å². The first kappa shape index (κ1) is 22.8. The lowest BCUT2D eigenvalue weighted by molar-refractivity contribution is 0.00189. The predicted octanol–water partition coefficient (Wildman–Crippen LogP) is 6.99. The molecule has 0 saturated carbocycles. The molecule has 0 amide bonds. The highest BCUT2D eigenvalue weighted by Crippen LogP contribution is 2.48. The standard InChI is InChI=1S/C21H38BrNO3Si/c1-14(2)27(15(3)4,16(5)6)26-20-19(22)17(13-25-20)23-12-10-11-18(23)21(7,8)24-9/h13-16,18H,10-12H2,1-9H3/t18-/m0/s1. The largest absolute Gasteiger partial charge is 0.517 e. The van der Waals surface area contributed by atoms with Crippen LogP contribution in [0, 0.1) is 0 Å². The minimum absolute atomic E-state index is 0.208. The average Bonchev–Trinajstić information content (AvgIpc) is 3.18. The molecule has 156 valence electrons. The molecule has 1 aliphatic rings. The Kier molecular flexibility index (Phi) is 7.18. The van der Waals surface area contributed by atoms with Gasteiger partial charge in [-0.3, -0.25) is 0 Å². The van der Waals surface area contributed by atoms with Crippen molar-refractivity contribution in [1.29, 1.82) is 0 Å². The summed E-state index contributed by atoms with van der Waals surface area (Å²) < 4.78 is 19.5. The Morgan fingerprint density at radius 2 is 1.70 bits per heavy atom. The van der Waals surface area contributed by atoms with E-state index < -0.39 is 8.32 Å². The van der Waals surface area contributed by atoms with E-state index in [2.05, 4.69) is 76.2 Å². The zero-order valence-electron chi connectivity index (χ0n) is 18.6. The minimum atomic E-state index is -2.05. The van der Waals surface area contributed by atoms with E-state index in [0.29, 0.717) is 28.6 Å². The van der Waals surface area contributed by atoms with Crippen LogP contribution in [0.25, 0.3) is 0 Å². The van der Waals surface area contributed by atoms with Crippen LogP contribution >= 0.6 is 15.9 Å². The van der Waals surface area contributed by atoms with Gasteiger partial charge in [0.1, 0.15) is 10.7 Å². The van der Waals surface area contributed by atoms with E-state index in [1.807, 2.05) is 6.26 Å². The molecule has 2 rings (SSSR count). The Balaban J connectivity index is 2.37. The van der Waals surface area contributed by atoms with E-state index in [-0.39, 0.29) is 5.60 Å². The van der Waals surface area contributed by atoms with Crippen molar-refractivity contribution in [2.24, 2.45) is 0 Å². The molecule has 0 bridgehead atoms. The van der Waals surface area contributed by atoms with Gasteiger partial charge in [0.2, 0.25) is 0 Å². The van der Waals surface area contributed by atoms with Gasteiger partial charge in [-0.05, 0) is 59.2 Å². The molecule has 0 aromatic carbocycles. The van der Waals surface area contributed by atoms with E-state index >= 15 is 0 Å². The summed E-state index contributed by atoms with van der Waals surface area (Å²) in [4.78, 5) is 2.41. The minimum Gasteiger partial charge on any atom is -0.517 e. The molecule has 1 aromatic rings. The van der Waals surface area contributed by atoms with Gasteiger partial charge in [0.05, 0.1) is 17.3 Å². The molecule has 0 spiro atoms. The molecule has 0 unspecified atom stereocenters. The fourth-order valence-corrected chi connectivity index (χ4v) is 10.8. The van der Waals surface area contributed by atoms with Gasteiger partial charge in [0, 0.05) is 13.7 Å². The number of furan rings is 1. The summed E-state index contributed by atoms with van der Waals surface area (Å²) in [6.07, 6.45) is 4.13. The number of nitrogens with zero attached hydrogens (tertiary/aromatic N) is 1. The van der Waals surface area contributed by atoms with Crippen LogP contribution in [-0.2, 0) is 4.74 Å². The third kappa shape index (κ3) is 4.13. The maximum Gasteiger partial charge on any atom is 0.287 e. The average molecular weight is 461 g/mol. The fraction of sp³-hybridized carbons (Fsp3) is 0.810. The van der Waals surface area contributed by atoms with Gasteiger partial charge in [-0.1, -0.05) is 41.5 Å². The highest BCUT2D eigenvalue weighted by Gasteiger charge is 2.48. The highest BCUT2D eigenvalue weighted by atomic mass is 79.9. The maximum atomic E-state index is 6.77. The summed E-state index contributed by atoms with van der Waals surface area (Å²) >= 11 is 3.80. The van der Waals surface area contributed by atoms with Crippen LogP contribution in [0.1, 0.15) is 68.2 Å². The third-order valence-corrected chi connectivity index (χ3v) is 13.2. The molecule has 2 heterocycles. The first-order valence-corrected chi connectivity index (χ1v) is 13.2. The van der Waals surface area contributed by atoms with Crippen molar-refractivity contribution < 1.29 is 13.6 Å². The predicted molar refractivity (Wildman–Crippen MR) is 120 cm³/mol. The number of halogens is 1. The summed E-state index contributed by atoms with van der Waals surface area (Å²) in [7, 11) is -0.259. The van der Waals surface area contributed by atoms with Gasteiger partial charge in [-0.25, -0.2) is 0 Å². The Morgan fingerprint density at radius 3 is 2.19 bits per heavy atom. The summed E-state index contributed by atoms with van der Waals surface area (Å²) in [5.74, 6) is 0.647. The molecule has 0 N–H and O–H groups in total. The van der Waals surface area contributed by atoms with Crippen molar-refractivity contribution in [2.45, 2.75) is 96.5 Å². The van der Waals surface area contributed by atoms with Gasteiger partial charge >= 0.3 is 0 Å². The monoisotopic (exact) mass is 459 g/mol. The van der Waals surface area contributed by atoms with Crippen LogP contribution in [0.3, 0.4) is 0 Å². The Hall–Kier alpha value is -0.463. The molecule has 1 atom stereocenters. The van der Waals surface area contributed by atoms with Gasteiger partial charge in [0.25, 0.3) is 14.3 Å². The summed E-state index contributed by atoms with van der Waals surface area (Å²) in [5, 5.41) is 0. The number of rotatable bonds is 8. The number of ether oxygens (including phenoxy) is 1. The molecule has 27 heavy (non-hydrogen) atoms. The molecule has 1 aliphatic heterocycles. The van der Waals surface area contributed by atoms with Crippen molar-refractivity contribution in [3.63, 3.8) is 0 Å². The second-order valence-electron chi connectivity index (χ2n) is 9.30.